The summed E-state index contributed by atoms with van der Waals surface area (Å²) in [6.45, 7) is 6.91. The van der Waals surface area contributed by atoms with E-state index in [9.17, 15) is 9.59 Å². The second kappa shape index (κ2) is 12.3. The van der Waals surface area contributed by atoms with Gasteiger partial charge in [0, 0.05) is 30.4 Å². The number of rotatable bonds is 8. The largest absolute Gasteiger partial charge is 0.370 e. The molecule has 1 unspecified atom stereocenters. The molecule has 0 saturated carbocycles. The number of benzene rings is 1. The van der Waals surface area contributed by atoms with Gasteiger partial charge in [0.25, 0.3) is 11.5 Å². The van der Waals surface area contributed by atoms with Crippen molar-refractivity contribution in [2.24, 2.45) is 16.5 Å². The molecule has 2 rings (SSSR count). The molecule has 0 aliphatic carbocycles. The first-order valence-electron chi connectivity index (χ1n) is 9.56. The van der Waals surface area contributed by atoms with Gasteiger partial charge in [0.15, 0.2) is 5.96 Å². The van der Waals surface area contributed by atoms with Crippen LogP contribution >= 0.6 is 0 Å². The second-order valence-electron chi connectivity index (χ2n) is 6.19. The monoisotopic (exact) mass is 385 g/mol. The van der Waals surface area contributed by atoms with E-state index in [4.69, 9.17) is 11.5 Å². The summed E-state index contributed by atoms with van der Waals surface area (Å²) in [5.41, 5.74) is 11.7. The van der Waals surface area contributed by atoms with E-state index in [1.54, 1.807) is 16.8 Å². The molecular formula is C21H31N5O2. The highest BCUT2D eigenvalue weighted by Gasteiger charge is 2.11. The molecule has 0 fully saturated rings. The summed E-state index contributed by atoms with van der Waals surface area (Å²) in [5, 5.41) is 2.88. The quantitative estimate of drug-likeness (QED) is 0.366. The Kier molecular flexibility index (Phi) is 10.1. The van der Waals surface area contributed by atoms with Crippen LogP contribution in [0.4, 0.5) is 0 Å². The molecule has 1 amide bonds. The van der Waals surface area contributed by atoms with E-state index in [0.29, 0.717) is 18.7 Å². The maximum absolute atomic E-state index is 12.3. The number of aliphatic imine (C=N–C) groups is 1. The summed E-state index contributed by atoms with van der Waals surface area (Å²) in [6.07, 6.45) is 3.15. The van der Waals surface area contributed by atoms with E-state index in [1.165, 1.54) is 6.07 Å². The van der Waals surface area contributed by atoms with Crippen molar-refractivity contribution >= 4 is 11.9 Å². The number of pyridine rings is 1. The summed E-state index contributed by atoms with van der Waals surface area (Å²) in [7, 11) is 0. The van der Waals surface area contributed by atoms with Crippen LogP contribution in [0.15, 0.2) is 58.4 Å². The van der Waals surface area contributed by atoms with Crippen molar-refractivity contribution in [1.29, 1.82) is 0 Å². The smallest absolute Gasteiger partial charge is 0.251 e. The van der Waals surface area contributed by atoms with Gasteiger partial charge in [0.05, 0.1) is 6.54 Å². The lowest BCUT2D eigenvalue weighted by molar-refractivity contribution is 0.0938. The molecular weight excluding hydrogens is 354 g/mol. The minimum absolute atomic E-state index is 0.0385. The first-order chi connectivity index (χ1) is 13.5. The minimum atomic E-state index is -0.261. The van der Waals surface area contributed by atoms with E-state index in [-0.39, 0.29) is 23.5 Å². The summed E-state index contributed by atoms with van der Waals surface area (Å²) in [4.78, 5) is 28.4. The lowest BCUT2D eigenvalue weighted by Crippen LogP contribution is -2.34. The van der Waals surface area contributed by atoms with Gasteiger partial charge in [-0.3, -0.25) is 14.6 Å². The average Bonchev–Trinajstić information content (AvgIpc) is 2.69. The van der Waals surface area contributed by atoms with E-state index < -0.39 is 0 Å². The molecule has 28 heavy (non-hydrogen) atoms. The van der Waals surface area contributed by atoms with Crippen LogP contribution in [0.1, 0.15) is 49.5 Å². The Bertz CT molecular complexity index is 811. The minimum Gasteiger partial charge on any atom is -0.370 e. The Morgan fingerprint density at radius 3 is 2.46 bits per heavy atom. The lowest BCUT2D eigenvalue weighted by Gasteiger charge is -2.14. The fourth-order valence-corrected chi connectivity index (χ4v) is 2.54. The van der Waals surface area contributed by atoms with Gasteiger partial charge in [0.1, 0.15) is 0 Å². The third-order valence-electron chi connectivity index (χ3n) is 3.92. The van der Waals surface area contributed by atoms with Crippen molar-refractivity contribution in [3.63, 3.8) is 0 Å². The SMILES string of the molecule is CC.CC(CCCN=C(N)N)NC(=O)c1ccn(Cc2ccccc2)c(=O)c1. The molecule has 152 valence electrons. The predicted octanol–water partition coefficient (Wildman–Crippen LogP) is 2.09. The van der Waals surface area contributed by atoms with Crippen LogP contribution in [-0.2, 0) is 6.54 Å². The zero-order valence-corrected chi connectivity index (χ0v) is 16.9. The van der Waals surface area contributed by atoms with Gasteiger partial charge in [-0.25, -0.2) is 0 Å². The maximum atomic E-state index is 12.3. The van der Waals surface area contributed by atoms with Gasteiger partial charge in [-0.1, -0.05) is 44.2 Å². The van der Waals surface area contributed by atoms with E-state index in [2.05, 4.69) is 10.3 Å². The number of guanidine groups is 1. The van der Waals surface area contributed by atoms with Crippen LogP contribution in [0, 0.1) is 0 Å². The highest BCUT2D eigenvalue weighted by Crippen LogP contribution is 2.03. The molecule has 1 atom stereocenters. The highest BCUT2D eigenvalue weighted by molar-refractivity contribution is 5.94. The number of nitrogens with one attached hydrogen (secondary N) is 1. The highest BCUT2D eigenvalue weighted by atomic mass is 16.2. The Balaban J connectivity index is 0.00000190. The van der Waals surface area contributed by atoms with Crippen molar-refractivity contribution in [2.45, 2.75) is 46.2 Å². The van der Waals surface area contributed by atoms with Crippen LogP contribution in [0.5, 0.6) is 0 Å². The Hall–Kier alpha value is -3.09. The van der Waals surface area contributed by atoms with Crippen LogP contribution in [0.2, 0.25) is 0 Å². The van der Waals surface area contributed by atoms with E-state index >= 15 is 0 Å². The molecule has 1 aromatic heterocycles. The van der Waals surface area contributed by atoms with Gasteiger partial charge in [-0.2, -0.15) is 0 Å². The zero-order chi connectivity index (χ0) is 20.9. The number of carbonyl (C=O) groups is 1. The molecule has 0 saturated heterocycles. The number of nitrogens with two attached hydrogens (primary N) is 2. The van der Waals surface area contributed by atoms with Crippen molar-refractivity contribution in [1.82, 2.24) is 9.88 Å². The summed E-state index contributed by atoms with van der Waals surface area (Å²) >= 11 is 0. The van der Waals surface area contributed by atoms with Gasteiger partial charge in [0.2, 0.25) is 0 Å². The Morgan fingerprint density at radius 1 is 1.18 bits per heavy atom. The maximum Gasteiger partial charge on any atom is 0.251 e. The average molecular weight is 386 g/mol. The lowest BCUT2D eigenvalue weighted by atomic mass is 10.1. The molecule has 7 heteroatoms. The molecule has 0 bridgehead atoms. The third kappa shape index (κ3) is 8.07. The second-order valence-corrected chi connectivity index (χ2v) is 6.19. The molecule has 0 radical (unpaired) electrons. The van der Waals surface area contributed by atoms with Crippen LogP contribution in [0.25, 0.3) is 0 Å². The summed E-state index contributed by atoms with van der Waals surface area (Å²) < 4.78 is 1.57. The number of amides is 1. The van der Waals surface area contributed by atoms with Crippen LogP contribution in [0.3, 0.4) is 0 Å². The Morgan fingerprint density at radius 2 is 1.86 bits per heavy atom. The summed E-state index contributed by atoms with van der Waals surface area (Å²) in [6, 6.07) is 12.7. The third-order valence-corrected chi connectivity index (χ3v) is 3.92. The fourth-order valence-electron chi connectivity index (χ4n) is 2.54. The number of hydrogen-bond donors (Lipinski definition) is 3. The molecule has 1 aromatic carbocycles. The van der Waals surface area contributed by atoms with Gasteiger partial charge in [-0.15, -0.1) is 0 Å². The molecule has 0 spiro atoms. The van der Waals surface area contributed by atoms with Crippen molar-refractivity contribution in [2.75, 3.05) is 6.54 Å². The Labute approximate surface area is 166 Å². The van der Waals surface area contributed by atoms with Gasteiger partial charge >= 0.3 is 0 Å². The van der Waals surface area contributed by atoms with Gasteiger partial charge in [-0.05, 0) is 31.4 Å². The fraction of sp³-hybridized carbons (Fsp3) is 0.381. The molecule has 0 aliphatic heterocycles. The predicted molar refractivity (Wildman–Crippen MR) is 114 cm³/mol. The molecule has 7 nitrogen and oxygen atoms in total. The van der Waals surface area contributed by atoms with Crippen LogP contribution < -0.4 is 22.3 Å². The molecule has 2 aromatic rings. The van der Waals surface area contributed by atoms with E-state index in [0.717, 1.165) is 18.4 Å². The molecule has 1 heterocycles. The van der Waals surface area contributed by atoms with Crippen molar-refractivity contribution < 1.29 is 4.79 Å². The van der Waals surface area contributed by atoms with Crippen molar-refractivity contribution in [3.05, 3.63) is 70.1 Å². The zero-order valence-electron chi connectivity index (χ0n) is 16.9. The number of hydrogen-bond acceptors (Lipinski definition) is 3. The van der Waals surface area contributed by atoms with Gasteiger partial charge < -0.3 is 21.4 Å². The topological polar surface area (TPSA) is 116 Å². The van der Waals surface area contributed by atoms with E-state index in [1.807, 2.05) is 51.1 Å². The first kappa shape index (κ1) is 23.0. The number of aromatic nitrogens is 1. The summed E-state index contributed by atoms with van der Waals surface area (Å²) in [5.74, 6) is -0.193. The normalized spacial score (nSPS) is 11.0. The van der Waals surface area contributed by atoms with Crippen molar-refractivity contribution in [3.8, 4) is 0 Å². The number of carbonyl (C=O) groups excluding carboxylic acids is 1. The van der Waals surface area contributed by atoms with Crippen LogP contribution in [-0.4, -0.2) is 29.0 Å². The number of nitrogens with zero attached hydrogens (tertiary/aromatic N) is 2. The first-order valence-corrected chi connectivity index (χ1v) is 9.56. The molecule has 5 N–H and O–H groups in total. The molecule has 0 aliphatic rings. The standard InChI is InChI=1S/C19H25N5O2.C2H6/c1-14(6-5-10-22-19(20)21)23-18(26)16-9-11-24(17(25)12-16)13-15-7-3-2-4-8-15;1-2/h2-4,7-9,11-12,14H,5-6,10,13H2,1H3,(H,23,26)(H4,20,21,22);1-2H3.